The molecule has 4 aliphatic rings. The highest BCUT2D eigenvalue weighted by molar-refractivity contribution is 5.77. The quantitative estimate of drug-likeness (QED) is 0.0240. The second kappa shape index (κ2) is 20.1. The van der Waals surface area contributed by atoms with Gasteiger partial charge in [0.15, 0.2) is 48.7 Å². The fourth-order valence-corrected chi connectivity index (χ4v) is 6.89. The van der Waals surface area contributed by atoms with E-state index in [1.807, 2.05) is 0 Å². The van der Waals surface area contributed by atoms with Crippen molar-refractivity contribution in [3.63, 3.8) is 0 Å². The Morgan fingerprint density at radius 2 is 1.28 bits per heavy atom. The fraction of sp³-hybridized carbons (Fsp3) is 0.821. The zero-order valence-electron chi connectivity index (χ0n) is 30.6. The van der Waals surface area contributed by atoms with E-state index in [1.54, 1.807) is 0 Å². The number of rotatable bonds is 15. The first kappa shape index (κ1) is 44.9. The second-order valence-corrected chi connectivity index (χ2v) is 13.6. The summed E-state index contributed by atoms with van der Waals surface area (Å²) in [6.45, 7) is -0.816. The Morgan fingerprint density at radius 3 is 1.89 bits per heavy atom. The van der Waals surface area contributed by atoms with Gasteiger partial charge in [-0.1, -0.05) is 5.11 Å². The van der Waals surface area contributed by atoms with Crippen molar-refractivity contribution in [2.45, 2.75) is 123 Å². The highest BCUT2D eigenvalue weighted by Crippen LogP contribution is 2.36. The minimum Gasteiger partial charge on any atom is -0.391 e. The van der Waals surface area contributed by atoms with Gasteiger partial charge in [-0.3, -0.25) is 15.4 Å². The number of nitrogens with one attached hydrogen (secondary N) is 2. The lowest BCUT2D eigenvalue weighted by Crippen LogP contribution is -2.62. The van der Waals surface area contributed by atoms with Crippen molar-refractivity contribution in [3.05, 3.63) is 10.4 Å². The summed E-state index contributed by atoms with van der Waals surface area (Å²) in [5.74, 6) is -1.97. The van der Waals surface area contributed by atoms with Gasteiger partial charge < -0.3 is 111 Å². The Morgan fingerprint density at radius 1 is 0.667 bits per heavy atom. The lowest BCUT2D eigenvalue weighted by molar-refractivity contribution is -0.305. The number of nitrogens with zero attached hydrogens (tertiary/aromatic N) is 7. The van der Waals surface area contributed by atoms with E-state index in [1.165, 1.54) is 0 Å². The molecule has 1 saturated carbocycles. The van der Waals surface area contributed by atoms with E-state index in [9.17, 15) is 25.5 Å². The highest BCUT2D eigenvalue weighted by Gasteiger charge is 2.54. The molecule has 0 spiro atoms. The predicted molar refractivity (Wildman–Crippen MR) is 198 cm³/mol. The van der Waals surface area contributed by atoms with Crippen LogP contribution in [-0.4, -0.2) is 179 Å². The third-order valence-corrected chi connectivity index (χ3v) is 9.40. The fourth-order valence-electron chi connectivity index (χ4n) is 6.89. The number of nitrogens with two attached hydrogens (primary N) is 9. The number of aliphatic hydroxyl groups is 5. The van der Waals surface area contributed by atoms with Crippen LogP contribution in [0.3, 0.4) is 0 Å². The summed E-state index contributed by atoms with van der Waals surface area (Å²) in [5.41, 5.74) is 59.3. The van der Waals surface area contributed by atoms with Crippen LogP contribution in [0, 0.1) is 5.41 Å². The van der Waals surface area contributed by atoms with Gasteiger partial charge in [0.05, 0.1) is 50.1 Å². The topological polar surface area (TPSA) is 525 Å². The molecule has 0 unspecified atom stereocenters. The summed E-state index contributed by atoms with van der Waals surface area (Å²) in [5, 5.41) is 69.8. The zero-order chi connectivity index (χ0) is 42.1. The van der Waals surface area contributed by atoms with E-state index in [4.69, 9.17) is 91.0 Å². The lowest BCUT2D eigenvalue weighted by Gasteiger charge is -2.45. The molecule has 25 N–H and O–H groups in total. The Hall–Kier alpha value is -4.78. The van der Waals surface area contributed by atoms with Crippen LogP contribution in [0.4, 0.5) is 0 Å². The van der Waals surface area contributed by atoms with Gasteiger partial charge >= 0.3 is 0 Å². The maximum atomic E-state index is 11.7. The first-order chi connectivity index (χ1) is 26.9. The van der Waals surface area contributed by atoms with Gasteiger partial charge in [-0.05, 0) is 18.4 Å². The molecule has 0 aromatic heterocycles. The molecule has 0 aromatic rings. The summed E-state index contributed by atoms with van der Waals surface area (Å²) < 4.78 is 36.6. The number of azide groups is 1. The van der Waals surface area contributed by atoms with Crippen molar-refractivity contribution in [2.24, 2.45) is 76.7 Å². The third-order valence-electron chi connectivity index (χ3n) is 9.40. The largest absolute Gasteiger partial charge is 0.391 e. The Balaban J connectivity index is 1.66. The van der Waals surface area contributed by atoms with Crippen LogP contribution in [0.5, 0.6) is 0 Å². The average Bonchev–Trinajstić information content (AvgIpc) is 3.41. The monoisotopic (exact) mass is 818 g/mol. The summed E-state index contributed by atoms with van der Waals surface area (Å²) in [7, 11) is 0. The molecule has 0 bridgehead atoms. The predicted octanol–water partition coefficient (Wildman–Crippen LogP) is -8.70. The molecule has 29 heteroatoms. The maximum Gasteiger partial charge on any atom is 0.187 e. The van der Waals surface area contributed by atoms with Gasteiger partial charge in [-0.15, -0.1) is 0 Å². The molecule has 0 aromatic carbocycles. The number of aliphatic hydroxyl groups excluding tert-OH is 5. The minimum absolute atomic E-state index is 0.00308. The molecule has 4 fully saturated rings. The highest BCUT2D eigenvalue weighted by atomic mass is 16.8. The Bertz CT molecular complexity index is 1520. The molecule has 57 heavy (non-hydrogen) atoms. The molecular formula is C28H54N18O11. The molecule has 322 valence electrons. The molecule has 0 radical (unpaired) electrons. The Kier molecular flexibility index (Phi) is 15.8. The van der Waals surface area contributed by atoms with Crippen molar-refractivity contribution in [1.82, 2.24) is 5.32 Å². The Labute approximate surface area is 324 Å². The summed E-state index contributed by atoms with van der Waals surface area (Å²) in [6.07, 6.45) is -19.6. The zero-order valence-corrected chi connectivity index (χ0v) is 30.6. The van der Waals surface area contributed by atoms with Crippen LogP contribution in [0.25, 0.3) is 10.4 Å². The van der Waals surface area contributed by atoms with Crippen LogP contribution in [0.1, 0.15) is 19.3 Å². The van der Waals surface area contributed by atoms with Crippen molar-refractivity contribution in [2.75, 3.05) is 19.6 Å². The number of hydrogen-bond acceptors (Lipinski definition) is 17. The summed E-state index contributed by atoms with van der Waals surface area (Å²) >= 11 is 0. The van der Waals surface area contributed by atoms with E-state index in [0.717, 1.165) is 0 Å². The van der Waals surface area contributed by atoms with Gasteiger partial charge in [0.25, 0.3) is 0 Å². The van der Waals surface area contributed by atoms with E-state index in [-0.39, 0.29) is 50.2 Å². The van der Waals surface area contributed by atoms with Crippen molar-refractivity contribution in [3.8, 4) is 0 Å². The van der Waals surface area contributed by atoms with E-state index in [2.05, 4.69) is 35.3 Å². The van der Waals surface area contributed by atoms with Gasteiger partial charge in [-0.25, -0.2) is 9.98 Å². The van der Waals surface area contributed by atoms with Crippen LogP contribution in [-0.2, 0) is 28.4 Å². The van der Waals surface area contributed by atoms with Crippen LogP contribution in [0.2, 0.25) is 0 Å². The van der Waals surface area contributed by atoms with Crippen molar-refractivity contribution in [1.29, 1.82) is 5.41 Å². The number of aliphatic imine (C=N–C) groups is 4. The van der Waals surface area contributed by atoms with E-state index in [0.29, 0.717) is 0 Å². The summed E-state index contributed by atoms with van der Waals surface area (Å²) in [6, 6.07) is -3.58. The smallest absolute Gasteiger partial charge is 0.187 e. The van der Waals surface area contributed by atoms with E-state index < -0.39 is 123 Å². The minimum atomic E-state index is -1.72. The standard InChI is InChI=1S/C28H54N18O11/c29-24(30)40-4-7-3-10(48)13(44-27(35)36)21(52-7)57-20-12(6-42-46-39)54-23(17(20)51)56-19-9(47)2-1-8(43-26(33)34)18(19)55-22-14(45-28(37)38)16(50)15(49)11(53-22)5-41-25(31)32/h7-23,47-51H,1-6H2,(H4,29,30,40)(H4,31,32,41)(H4,33,34,43)(H4,35,36,44)(H4,37,38,45)/t7-,8+,9+,10+,11-,12-,13-,14-,15-,16-,17-,18-,19-,20-,21-,22-,23+/m1/s1. The maximum absolute atomic E-state index is 11.7. The molecule has 1 aliphatic carbocycles. The average molecular weight is 819 g/mol. The van der Waals surface area contributed by atoms with E-state index >= 15 is 0 Å². The van der Waals surface area contributed by atoms with Gasteiger partial charge in [0.2, 0.25) is 0 Å². The SMILES string of the molecule is [N-]=[N+]=NC[C@H]1O[C@@H](O[C@H]2[C@H](O[C@H]3O[C@H](CN=C(N)N)[C@@H](O)[C@H](O)[C@H]3N=C(N)N)[C@@H](N=C(N)N)CC[C@@H]2O)[C@H](O)[C@@H]1O[C@H]1O[C@@H](CN=C(N)N)C[C@H](O)[C@H]1NC(=N)N. The lowest BCUT2D eigenvalue weighted by atomic mass is 9.87. The van der Waals surface area contributed by atoms with Crippen LogP contribution < -0.4 is 56.9 Å². The third kappa shape index (κ3) is 11.9. The van der Waals surface area contributed by atoms with Crippen LogP contribution >= 0.6 is 0 Å². The first-order valence-corrected chi connectivity index (χ1v) is 17.6. The van der Waals surface area contributed by atoms with Crippen LogP contribution in [0.15, 0.2) is 25.1 Å². The number of guanidine groups is 5. The molecular weight excluding hydrogens is 764 g/mol. The second-order valence-electron chi connectivity index (χ2n) is 13.6. The molecule has 3 heterocycles. The molecule has 4 rings (SSSR count). The number of ether oxygens (including phenoxy) is 6. The molecule has 3 saturated heterocycles. The van der Waals surface area contributed by atoms with Crippen molar-refractivity contribution >= 4 is 29.8 Å². The molecule has 0 amide bonds. The molecule has 17 atom stereocenters. The summed E-state index contributed by atoms with van der Waals surface area (Å²) in [4.78, 5) is 18.8. The normalized spacial score (nSPS) is 39.1. The van der Waals surface area contributed by atoms with Gasteiger partial charge in [-0.2, -0.15) is 0 Å². The first-order valence-electron chi connectivity index (χ1n) is 17.6. The number of hydrogen-bond donors (Lipinski definition) is 16. The van der Waals surface area contributed by atoms with Crippen molar-refractivity contribution < 1.29 is 54.0 Å². The molecule has 3 aliphatic heterocycles. The van der Waals surface area contributed by atoms with Gasteiger partial charge in [0, 0.05) is 11.3 Å². The van der Waals surface area contributed by atoms with Gasteiger partial charge in [0.1, 0.15) is 54.8 Å². The molecule has 29 nitrogen and oxygen atoms in total.